The molecule has 0 N–H and O–H groups in total. The minimum atomic E-state index is -0.627. The third kappa shape index (κ3) is 4.80. The molecule has 80 valence electrons. The van der Waals surface area contributed by atoms with Gasteiger partial charge in [-0.2, -0.15) is 0 Å². The maximum atomic E-state index is 11.3. The zero-order valence-electron chi connectivity index (χ0n) is 9.13. The van der Waals surface area contributed by atoms with Gasteiger partial charge in [-0.15, -0.1) is 0 Å². The lowest BCUT2D eigenvalue weighted by atomic mass is 10.1. The maximum Gasteiger partial charge on any atom is 0.340 e. The van der Waals surface area contributed by atoms with Gasteiger partial charge in [0.25, 0.3) is 0 Å². The van der Waals surface area contributed by atoms with Crippen LogP contribution in [0.3, 0.4) is 0 Å². The van der Waals surface area contributed by atoms with Crippen molar-refractivity contribution in [1.82, 2.24) is 0 Å². The van der Waals surface area contributed by atoms with Gasteiger partial charge < -0.3 is 4.74 Å². The number of rotatable bonds is 5. The summed E-state index contributed by atoms with van der Waals surface area (Å²) in [5, 5.41) is 0. The summed E-state index contributed by atoms with van der Waals surface area (Å²) in [6.07, 6.45) is 2.77. The fourth-order valence-electron chi connectivity index (χ4n) is 0.907. The summed E-state index contributed by atoms with van der Waals surface area (Å²) >= 11 is 0. The predicted molar refractivity (Wildman–Crippen MR) is 54.6 cm³/mol. The fraction of sp³-hybridized carbons (Fsp3) is 0.636. The van der Waals surface area contributed by atoms with Gasteiger partial charge in [0.05, 0.1) is 5.92 Å². The Hall–Kier alpha value is -1.12. The van der Waals surface area contributed by atoms with E-state index in [0.717, 1.165) is 19.3 Å². The van der Waals surface area contributed by atoms with Gasteiger partial charge in [-0.3, -0.25) is 4.79 Å². The Kier molecular flexibility index (Phi) is 5.84. The second kappa shape index (κ2) is 6.35. The summed E-state index contributed by atoms with van der Waals surface area (Å²) in [6, 6.07) is 0. The van der Waals surface area contributed by atoms with Crippen LogP contribution < -0.4 is 0 Å². The highest BCUT2D eigenvalue weighted by Gasteiger charge is 2.17. The molecule has 0 amide bonds. The zero-order valence-corrected chi connectivity index (χ0v) is 9.13. The molecule has 0 bridgehead atoms. The molecule has 1 atom stereocenters. The first-order valence-corrected chi connectivity index (χ1v) is 4.90. The monoisotopic (exact) mass is 198 g/mol. The Bertz CT molecular complexity index is 231. The van der Waals surface area contributed by atoms with Crippen molar-refractivity contribution in [2.24, 2.45) is 5.92 Å². The number of carbonyl (C=O) groups excluding carboxylic acids is 2. The number of unbranched alkanes of at least 4 members (excludes halogenated alkanes) is 1. The molecule has 0 saturated carbocycles. The number of hydrogen-bond acceptors (Lipinski definition) is 3. The van der Waals surface area contributed by atoms with Crippen molar-refractivity contribution >= 4 is 11.9 Å². The van der Waals surface area contributed by atoms with Crippen LogP contribution in [-0.4, -0.2) is 11.9 Å². The van der Waals surface area contributed by atoms with Gasteiger partial charge in [0.1, 0.15) is 0 Å². The van der Waals surface area contributed by atoms with Crippen molar-refractivity contribution < 1.29 is 14.3 Å². The number of esters is 2. The maximum absolute atomic E-state index is 11.3. The van der Waals surface area contributed by atoms with E-state index >= 15 is 0 Å². The molecule has 0 aromatic heterocycles. The van der Waals surface area contributed by atoms with E-state index in [9.17, 15) is 9.59 Å². The SMILES string of the molecule is C=C(C)C(=O)OC(=O)C(C)CCCC. The highest BCUT2D eigenvalue weighted by atomic mass is 16.6. The van der Waals surface area contributed by atoms with Gasteiger partial charge in [0.2, 0.25) is 0 Å². The van der Waals surface area contributed by atoms with E-state index in [1.165, 1.54) is 6.92 Å². The van der Waals surface area contributed by atoms with Crippen molar-refractivity contribution in [3.8, 4) is 0 Å². The minimum Gasteiger partial charge on any atom is -0.389 e. The number of ether oxygens (including phenoxy) is 1. The van der Waals surface area contributed by atoms with E-state index in [2.05, 4.69) is 18.2 Å². The summed E-state index contributed by atoms with van der Waals surface area (Å²) in [4.78, 5) is 22.3. The summed E-state index contributed by atoms with van der Waals surface area (Å²) in [5.41, 5.74) is 0.251. The topological polar surface area (TPSA) is 43.4 Å². The van der Waals surface area contributed by atoms with Crippen LogP contribution in [0.15, 0.2) is 12.2 Å². The Labute approximate surface area is 85.1 Å². The standard InChI is InChI=1S/C11H18O3/c1-5-6-7-9(4)11(13)14-10(12)8(2)3/h9H,2,5-7H2,1,3-4H3. The van der Waals surface area contributed by atoms with Crippen molar-refractivity contribution in [2.45, 2.75) is 40.0 Å². The van der Waals surface area contributed by atoms with Crippen LogP contribution in [0, 0.1) is 5.92 Å². The molecular formula is C11H18O3. The van der Waals surface area contributed by atoms with Crippen LogP contribution in [0.25, 0.3) is 0 Å². The van der Waals surface area contributed by atoms with Crippen LogP contribution in [0.2, 0.25) is 0 Å². The van der Waals surface area contributed by atoms with E-state index in [1.807, 2.05) is 0 Å². The van der Waals surface area contributed by atoms with Crippen molar-refractivity contribution in [1.29, 1.82) is 0 Å². The number of hydrogen-bond donors (Lipinski definition) is 0. The first kappa shape index (κ1) is 12.9. The molecule has 3 heteroatoms. The summed E-state index contributed by atoms with van der Waals surface area (Å²) in [7, 11) is 0. The molecule has 0 fully saturated rings. The predicted octanol–water partition coefficient (Wildman–Crippen LogP) is 2.46. The average Bonchev–Trinajstić information content (AvgIpc) is 2.13. The minimum absolute atomic E-state index is 0.210. The Morgan fingerprint density at radius 1 is 1.43 bits per heavy atom. The Morgan fingerprint density at radius 3 is 2.43 bits per heavy atom. The molecule has 1 unspecified atom stereocenters. The molecule has 0 spiro atoms. The molecule has 0 aromatic rings. The van der Waals surface area contributed by atoms with Crippen LogP contribution in [-0.2, 0) is 14.3 Å². The van der Waals surface area contributed by atoms with Crippen molar-refractivity contribution in [3.63, 3.8) is 0 Å². The van der Waals surface area contributed by atoms with Gasteiger partial charge >= 0.3 is 11.9 Å². The van der Waals surface area contributed by atoms with Gasteiger partial charge in [-0.1, -0.05) is 33.3 Å². The van der Waals surface area contributed by atoms with Gasteiger partial charge in [0, 0.05) is 5.57 Å². The largest absolute Gasteiger partial charge is 0.389 e. The average molecular weight is 198 g/mol. The molecule has 0 rings (SSSR count). The Morgan fingerprint density at radius 2 is 2.00 bits per heavy atom. The van der Waals surface area contributed by atoms with E-state index in [0.29, 0.717) is 0 Å². The first-order valence-electron chi connectivity index (χ1n) is 4.90. The van der Waals surface area contributed by atoms with E-state index in [-0.39, 0.29) is 11.5 Å². The van der Waals surface area contributed by atoms with Crippen LogP contribution in [0.5, 0.6) is 0 Å². The summed E-state index contributed by atoms with van der Waals surface area (Å²) < 4.78 is 4.59. The summed E-state index contributed by atoms with van der Waals surface area (Å²) in [5.74, 6) is -1.29. The molecule has 0 aliphatic heterocycles. The molecule has 0 saturated heterocycles. The lowest BCUT2D eigenvalue weighted by Crippen LogP contribution is -2.19. The quantitative estimate of drug-likeness (QED) is 0.387. The zero-order chi connectivity index (χ0) is 11.1. The molecular weight excluding hydrogens is 180 g/mol. The van der Waals surface area contributed by atoms with Crippen LogP contribution >= 0.6 is 0 Å². The van der Waals surface area contributed by atoms with Gasteiger partial charge in [-0.25, -0.2) is 4.79 Å². The molecule has 0 aliphatic rings. The smallest absolute Gasteiger partial charge is 0.340 e. The third-order valence-electron chi connectivity index (χ3n) is 1.93. The molecule has 0 radical (unpaired) electrons. The fourth-order valence-corrected chi connectivity index (χ4v) is 0.907. The summed E-state index contributed by atoms with van der Waals surface area (Å²) in [6.45, 7) is 8.74. The normalized spacial score (nSPS) is 11.9. The molecule has 0 heterocycles. The Balaban J connectivity index is 3.95. The van der Waals surface area contributed by atoms with Crippen molar-refractivity contribution in [2.75, 3.05) is 0 Å². The molecule has 14 heavy (non-hydrogen) atoms. The molecule has 3 nitrogen and oxygen atoms in total. The molecule has 0 aromatic carbocycles. The second-order valence-corrected chi connectivity index (χ2v) is 3.53. The first-order chi connectivity index (χ1) is 6.49. The highest BCUT2D eigenvalue weighted by Crippen LogP contribution is 2.10. The van der Waals surface area contributed by atoms with E-state index < -0.39 is 11.9 Å². The number of carbonyl (C=O) groups is 2. The van der Waals surface area contributed by atoms with Gasteiger partial charge in [-0.05, 0) is 13.3 Å². The van der Waals surface area contributed by atoms with Crippen LogP contribution in [0.1, 0.15) is 40.0 Å². The van der Waals surface area contributed by atoms with Gasteiger partial charge in [0.15, 0.2) is 0 Å². The molecule has 0 aliphatic carbocycles. The van der Waals surface area contributed by atoms with E-state index in [1.54, 1.807) is 6.92 Å². The van der Waals surface area contributed by atoms with Crippen molar-refractivity contribution in [3.05, 3.63) is 12.2 Å². The van der Waals surface area contributed by atoms with E-state index in [4.69, 9.17) is 0 Å². The van der Waals surface area contributed by atoms with Crippen LogP contribution in [0.4, 0.5) is 0 Å². The lowest BCUT2D eigenvalue weighted by Gasteiger charge is -2.08. The lowest BCUT2D eigenvalue weighted by molar-refractivity contribution is -0.159. The second-order valence-electron chi connectivity index (χ2n) is 3.53. The third-order valence-corrected chi connectivity index (χ3v) is 1.93. The highest BCUT2D eigenvalue weighted by molar-refractivity contribution is 5.95.